The monoisotopic (exact) mass is 404 g/mol. The molecule has 3 aliphatic carbocycles. The molecule has 0 aromatic heterocycles. The molecule has 6 heteroatoms. The van der Waals surface area contributed by atoms with Crippen LogP contribution >= 0.6 is 0 Å². The molecule has 1 aliphatic heterocycles. The lowest BCUT2D eigenvalue weighted by atomic mass is 9.52. The Balaban J connectivity index is 1.29. The van der Waals surface area contributed by atoms with Gasteiger partial charge in [0.15, 0.2) is 0 Å². The van der Waals surface area contributed by atoms with Crippen LogP contribution in [0.5, 0.6) is 0 Å². The van der Waals surface area contributed by atoms with Gasteiger partial charge in [-0.05, 0) is 86.9 Å². The fraction of sp³-hybridized carbons (Fsp3) is 0.957. The highest BCUT2D eigenvalue weighted by atomic mass is 16.4. The largest absolute Gasteiger partial charge is 0.455 e. The number of carbonyl (C=O) groups is 1. The van der Waals surface area contributed by atoms with Crippen LogP contribution in [0.15, 0.2) is 0 Å². The SMILES string of the molecule is NCC1CCCC(C2CCN(C(=O)C3CCC4CCCC(B(O)O)C4C3)CC2)C1. The van der Waals surface area contributed by atoms with Crippen molar-refractivity contribution in [1.29, 1.82) is 0 Å². The molecule has 6 atom stereocenters. The number of nitrogens with zero attached hydrogens (tertiary/aromatic N) is 1. The molecule has 164 valence electrons. The highest BCUT2D eigenvalue weighted by molar-refractivity contribution is 6.43. The Bertz CT molecular complexity index is 552. The molecular weight excluding hydrogens is 363 g/mol. The van der Waals surface area contributed by atoms with Crippen LogP contribution in [0.2, 0.25) is 5.82 Å². The summed E-state index contributed by atoms with van der Waals surface area (Å²) in [5.41, 5.74) is 5.93. The average Bonchev–Trinajstić information content (AvgIpc) is 2.77. The first-order chi connectivity index (χ1) is 14.1. The zero-order valence-electron chi connectivity index (χ0n) is 18.1. The van der Waals surface area contributed by atoms with E-state index in [0.717, 1.165) is 76.4 Å². The third kappa shape index (κ3) is 4.85. The number of hydrogen-bond donors (Lipinski definition) is 3. The number of hydrogen-bond acceptors (Lipinski definition) is 4. The van der Waals surface area contributed by atoms with E-state index in [0.29, 0.717) is 23.7 Å². The summed E-state index contributed by atoms with van der Waals surface area (Å²) in [6.45, 7) is 2.68. The predicted octanol–water partition coefficient (Wildman–Crippen LogP) is 3.05. The Kier molecular flexibility index (Phi) is 7.24. The highest BCUT2D eigenvalue weighted by Crippen LogP contribution is 2.49. The molecule has 0 radical (unpaired) electrons. The number of rotatable bonds is 4. The summed E-state index contributed by atoms with van der Waals surface area (Å²) in [4.78, 5) is 15.4. The summed E-state index contributed by atoms with van der Waals surface area (Å²) < 4.78 is 0. The van der Waals surface area contributed by atoms with Crippen LogP contribution in [-0.2, 0) is 4.79 Å². The fourth-order valence-electron chi connectivity index (χ4n) is 7.40. The van der Waals surface area contributed by atoms with Gasteiger partial charge in [0.2, 0.25) is 5.91 Å². The third-order valence-electron chi connectivity index (χ3n) is 9.12. The Morgan fingerprint density at radius 1 is 0.862 bits per heavy atom. The van der Waals surface area contributed by atoms with Crippen molar-refractivity contribution < 1.29 is 14.8 Å². The molecule has 0 spiro atoms. The van der Waals surface area contributed by atoms with Gasteiger partial charge in [0.25, 0.3) is 0 Å². The van der Waals surface area contributed by atoms with Crippen LogP contribution in [-0.4, -0.2) is 47.6 Å². The minimum atomic E-state index is -1.22. The van der Waals surface area contributed by atoms with Crippen LogP contribution < -0.4 is 5.73 Å². The van der Waals surface area contributed by atoms with E-state index >= 15 is 0 Å². The Labute approximate surface area is 176 Å². The smallest absolute Gasteiger partial charge is 0.427 e. The summed E-state index contributed by atoms with van der Waals surface area (Å²) in [6, 6.07) is 0. The lowest BCUT2D eigenvalue weighted by Crippen LogP contribution is -2.46. The van der Waals surface area contributed by atoms with Gasteiger partial charge in [-0.15, -0.1) is 0 Å². The molecule has 1 saturated heterocycles. The average molecular weight is 404 g/mol. The van der Waals surface area contributed by atoms with E-state index < -0.39 is 7.12 Å². The third-order valence-corrected chi connectivity index (χ3v) is 9.12. The summed E-state index contributed by atoms with van der Waals surface area (Å²) in [6.07, 6.45) is 13.7. The molecule has 4 fully saturated rings. The minimum absolute atomic E-state index is 0.0307. The van der Waals surface area contributed by atoms with Gasteiger partial charge < -0.3 is 20.7 Å². The molecule has 29 heavy (non-hydrogen) atoms. The van der Waals surface area contributed by atoms with Crippen molar-refractivity contribution in [3.05, 3.63) is 0 Å². The number of amides is 1. The van der Waals surface area contributed by atoms with Gasteiger partial charge in [0.1, 0.15) is 0 Å². The minimum Gasteiger partial charge on any atom is -0.427 e. The molecule has 6 unspecified atom stereocenters. The number of nitrogens with two attached hydrogens (primary N) is 1. The maximum Gasteiger partial charge on any atom is 0.455 e. The highest BCUT2D eigenvalue weighted by Gasteiger charge is 2.45. The van der Waals surface area contributed by atoms with Crippen molar-refractivity contribution in [2.24, 2.45) is 41.2 Å². The number of piperidine rings is 1. The molecule has 4 aliphatic rings. The van der Waals surface area contributed by atoms with Gasteiger partial charge in [-0.25, -0.2) is 0 Å². The normalized spacial score (nSPS) is 39.1. The van der Waals surface area contributed by atoms with Crippen LogP contribution in [0.1, 0.15) is 77.0 Å². The quantitative estimate of drug-likeness (QED) is 0.629. The zero-order chi connectivity index (χ0) is 20.4. The summed E-state index contributed by atoms with van der Waals surface area (Å²) in [5.74, 6) is 3.64. The zero-order valence-corrected chi connectivity index (χ0v) is 18.1. The van der Waals surface area contributed by atoms with Crippen molar-refractivity contribution in [3.63, 3.8) is 0 Å². The molecule has 1 heterocycles. The summed E-state index contributed by atoms with van der Waals surface area (Å²) >= 11 is 0. The van der Waals surface area contributed by atoms with E-state index in [9.17, 15) is 14.8 Å². The van der Waals surface area contributed by atoms with Crippen LogP contribution in [0, 0.1) is 35.5 Å². The van der Waals surface area contributed by atoms with Crippen molar-refractivity contribution in [2.75, 3.05) is 19.6 Å². The lowest BCUT2D eigenvalue weighted by Gasteiger charge is -2.45. The summed E-state index contributed by atoms with van der Waals surface area (Å²) in [5, 5.41) is 19.7. The Hall–Kier alpha value is -0.585. The van der Waals surface area contributed by atoms with Gasteiger partial charge in [0, 0.05) is 19.0 Å². The predicted molar refractivity (Wildman–Crippen MR) is 116 cm³/mol. The second-order valence-electron chi connectivity index (χ2n) is 10.6. The van der Waals surface area contributed by atoms with Gasteiger partial charge in [0.05, 0.1) is 0 Å². The van der Waals surface area contributed by atoms with Gasteiger partial charge >= 0.3 is 7.12 Å². The molecule has 4 N–H and O–H groups in total. The van der Waals surface area contributed by atoms with E-state index in [1.54, 1.807) is 0 Å². The maximum atomic E-state index is 13.3. The van der Waals surface area contributed by atoms with Crippen LogP contribution in [0.3, 0.4) is 0 Å². The molecular formula is C23H41BN2O3. The number of likely N-dealkylation sites (tertiary alicyclic amines) is 1. The lowest BCUT2D eigenvalue weighted by molar-refractivity contribution is -0.139. The maximum absolute atomic E-state index is 13.3. The standard InChI is InChI=1S/C23H41BN2O3/c25-15-16-3-1-5-19(13-16)17-9-11-26(12-10-17)23(27)20-8-7-18-4-2-6-22(24(28)29)21(18)14-20/h16-22,28-29H,1-15,25H2. The molecule has 0 bridgehead atoms. The Morgan fingerprint density at radius 3 is 2.31 bits per heavy atom. The topological polar surface area (TPSA) is 86.8 Å². The first-order valence-corrected chi connectivity index (χ1v) is 12.4. The number of fused-ring (bicyclic) bond motifs is 1. The van der Waals surface area contributed by atoms with Crippen molar-refractivity contribution >= 4 is 13.0 Å². The molecule has 0 aromatic carbocycles. The Morgan fingerprint density at radius 2 is 1.59 bits per heavy atom. The second kappa shape index (κ2) is 9.70. The fourth-order valence-corrected chi connectivity index (χ4v) is 7.40. The molecule has 0 aromatic rings. The van der Waals surface area contributed by atoms with E-state index in [1.807, 2.05) is 0 Å². The number of carbonyl (C=O) groups excluding carboxylic acids is 1. The van der Waals surface area contributed by atoms with E-state index in [2.05, 4.69) is 4.90 Å². The molecule has 4 rings (SSSR count). The first-order valence-electron chi connectivity index (χ1n) is 12.4. The molecule has 5 nitrogen and oxygen atoms in total. The van der Waals surface area contributed by atoms with E-state index in [1.165, 1.54) is 32.1 Å². The summed E-state index contributed by atoms with van der Waals surface area (Å²) in [7, 11) is -1.22. The first kappa shape index (κ1) is 21.6. The van der Waals surface area contributed by atoms with Gasteiger partial charge in [-0.1, -0.05) is 32.1 Å². The van der Waals surface area contributed by atoms with Gasteiger partial charge in [-0.3, -0.25) is 4.79 Å². The van der Waals surface area contributed by atoms with Crippen molar-refractivity contribution in [2.45, 2.75) is 82.9 Å². The molecule has 1 amide bonds. The van der Waals surface area contributed by atoms with Crippen molar-refractivity contribution in [3.8, 4) is 0 Å². The van der Waals surface area contributed by atoms with Crippen LogP contribution in [0.25, 0.3) is 0 Å². The molecule has 3 saturated carbocycles. The van der Waals surface area contributed by atoms with Crippen molar-refractivity contribution in [1.82, 2.24) is 4.90 Å². The second-order valence-corrected chi connectivity index (χ2v) is 10.6. The van der Waals surface area contributed by atoms with Crippen LogP contribution in [0.4, 0.5) is 0 Å². The van der Waals surface area contributed by atoms with Gasteiger partial charge in [-0.2, -0.15) is 0 Å². The van der Waals surface area contributed by atoms with E-state index in [-0.39, 0.29) is 11.7 Å². The van der Waals surface area contributed by atoms with E-state index in [4.69, 9.17) is 5.73 Å².